The first kappa shape index (κ1) is 26.7. The van der Waals surface area contributed by atoms with Crippen LogP contribution in [0.15, 0.2) is 30.3 Å². The maximum atomic E-state index is 12.3. The molecule has 200 valence electrons. The minimum Gasteiger partial charge on any atom is -0.445 e. The van der Waals surface area contributed by atoms with E-state index in [1.165, 1.54) is 0 Å². The van der Waals surface area contributed by atoms with Gasteiger partial charge in [-0.25, -0.2) is 9.59 Å². The summed E-state index contributed by atoms with van der Waals surface area (Å²) in [6.45, 7) is 9.49. The molecule has 1 aromatic rings. The number of carbonyl (C=O) groups is 2. The molecule has 1 aliphatic carbocycles. The Hall–Kier alpha value is -2.32. The molecule has 36 heavy (non-hydrogen) atoms. The van der Waals surface area contributed by atoms with Crippen molar-refractivity contribution in [2.75, 3.05) is 32.8 Å². The number of hydrogen-bond acceptors (Lipinski definition) is 6. The average molecular weight is 503 g/mol. The van der Waals surface area contributed by atoms with E-state index in [1.807, 2.05) is 51.1 Å². The lowest BCUT2D eigenvalue weighted by molar-refractivity contribution is -0.114. The Morgan fingerprint density at radius 2 is 1.42 bits per heavy atom. The smallest absolute Gasteiger partial charge is 0.410 e. The molecule has 3 aliphatic rings. The van der Waals surface area contributed by atoms with Crippen LogP contribution in [-0.4, -0.2) is 78.7 Å². The van der Waals surface area contributed by atoms with Crippen molar-refractivity contribution < 1.29 is 28.5 Å². The molecule has 4 rings (SSSR count). The Morgan fingerprint density at radius 1 is 0.833 bits per heavy atom. The number of hydrogen-bond donors (Lipinski definition) is 0. The van der Waals surface area contributed by atoms with E-state index in [0.717, 1.165) is 50.7 Å². The normalized spacial score (nSPS) is 23.8. The molecule has 8 nitrogen and oxygen atoms in total. The van der Waals surface area contributed by atoms with Gasteiger partial charge in [0.15, 0.2) is 0 Å². The second kappa shape index (κ2) is 12.3. The molecule has 0 bridgehead atoms. The zero-order valence-corrected chi connectivity index (χ0v) is 22.0. The standard InChI is InChI=1S/C28H42N2O6/c1-28(2,3)36-27(32)30-13-9-23(10-14-30)33-20-22-17-25(18-22)35-24-11-15-29(16-12-24)26(31)34-19-21-7-5-4-6-8-21/h4-8,22-25H,9-20H2,1-3H3. The monoisotopic (exact) mass is 502 g/mol. The summed E-state index contributed by atoms with van der Waals surface area (Å²) >= 11 is 0. The lowest BCUT2D eigenvalue weighted by atomic mass is 9.82. The molecular formula is C28H42N2O6. The van der Waals surface area contributed by atoms with Crippen LogP contribution < -0.4 is 0 Å². The van der Waals surface area contributed by atoms with Crippen LogP contribution >= 0.6 is 0 Å². The predicted molar refractivity (Wildman–Crippen MR) is 136 cm³/mol. The Bertz CT molecular complexity index is 835. The predicted octanol–water partition coefficient (Wildman–Crippen LogP) is 5.00. The second-order valence-corrected chi connectivity index (χ2v) is 11.3. The molecule has 8 heteroatoms. The maximum Gasteiger partial charge on any atom is 0.410 e. The van der Waals surface area contributed by atoms with Crippen molar-refractivity contribution in [3.63, 3.8) is 0 Å². The van der Waals surface area contributed by atoms with E-state index < -0.39 is 5.60 Å². The van der Waals surface area contributed by atoms with Gasteiger partial charge in [-0.05, 0) is 70.8 Å². The van der Waals surface area contributed by atoms with E-state index in [9.17, 15) is 9.59 Å². The second-order valence-electron chi connectivity index (χ2n) is 11.3. The summed E-state index contributed by atoms with van der Waals surface area (Å²) in [5.41, 5.74) is 0.539. The minimum absolute atomic E-state index is 0.215. The molecule has 2 saturated heterocycles. The molecule has 0 radical (unpaired) electrons. The fourth-order valence-corrected chi connectivity index (χ4v) is 4.98. The highest BCUT2D eigenvalue weighted by Crippen LogP contribution is 2.33. The van der Waals surface area contributed by atoms with Crippen LogP contribution in [0.25, 0.3) is 0 Å². The number of piperidine rings is 2. The topological polar surface area (TPSA) is 77.5 Å². The van der Waals surface area contributed by atoms with Gasteiger partial charge >= 0.3 is 12.2 Å². The fourth-order valence-electron chi connectivity index (χ4n) is 4.98. The Labute approximate surface area is 215 Å². The van der Waals surface area contributed by atoms with Gasteiger partial charge in [-0.1, -0.05) is 30.3 Å². The lowest BCUT2D eigenvalue weighted by Gasteiger charge is -2.40. The van der Waals surface area contributed by atoms with E-state index in [-0.39, 0.29) is 24.4 Å². The van der Waals surface area contributed by atoms with Crippen LogP contribution in [0.5, 0.6) is 0 Å². The van der Waals surface area contributed by atoms with Crippen LogP contribution in [0.3, 0.4) is 0 Å². The highest BCUT2D eigenvalue weighted by molar-refractivity contribution is 5.68. The molecule has 0 N–H and O–H groups in total. The maximum absolute atomic E-state index is 12.3. The molecule has 1 aromatic carbocycles. The molecular weight excluding hydrogens is 460 g/mol. The molecule has 2 heterocycles. The van der Waals surface area contributed by atoms with Crippen LogP contribution in [0.1, 0.15) is 64.9 Å². The van der Waals surface area contributed by atoms with E-state index in [0.29, 0.717) is 44.8 Å². The quantitative estimate of drug-likeness (QED) is 0.522. The fraction of sp³-hybridized carbons (Fsp3) is 0.714. The SMILES string of the molecule is CC(C)(C)OC(=O)N1CCC(OCC2CC(OC3CCN(C(=O)OCc4ccccc4)CC3)C2)CC1. The summed E-state index contributed by atoms with van der Waals surface area (Å²) in [7, 11) is 0. The molecule has 2 aliphatic heterocycles. The van der Waals surface area contributed by atoms with Gasteiger partial charge in [0.25, 0.3) is 0 Å². The Morgan fingerprint density at radius 3 is 2.03 bits per heavy atom. The minimum atomic E-state index is -0.460. The lowest BCUT2D eigenvalue weighted by Crippen LogP contribution is -2.45. The number of nitrogens with zero attached hydrogens (tertiary/aromatic N) is 2. The third-order valence-corrected chi connectivity index (χ3v) is 7.14. The number of likely N-dealkylation sites (tertiary alicyclic amines) is 2. The van der Waals surface area contributed by atoms with Crippen LogP contribution in [0.2, 0.25) is 0 Å². The van der Waals surface area contributed by atoms with Gasteiger partial charge in [0, 0.05) is 32.8 Å². The van der Waals surface area contributed by atoms with E-state index in [2.05, 4.69) is 0 Å². The van der Waals surface area contributed by atoms with E-state index in [4.69, 9.17) is 18.9 Å². The zero-order chi connectivity index (χ0) is 25.5. The first-order chi connectivity index (χ1) is 17.2. The van der Waals surface area contributed by atoms with Crippen molar-refractivity contribution in [1.82, 2.24) is 9.80 Å². The molecule has 0 unspecified atom stereocenters. The van der Waals surface area contributed by atoms with Gasteiger partial charge in [-0.2, -0.15) is 0 Å². The molecule has 0 aromatic heterocycles. The summed E-state index contributed by atoms with van der Waals surface area (Å²) in [6.07, 6.45) is 5.77. The molecule has 2 amide bonds. The van der Waals surface area contributed by atoms with Crippen molar-refractivity contribution in [3.8, 4) is 0 Å². The van der Waals surface area contributed by atoms with Crippen molar-refractivity contribution >= 4 is 12.2 Å². The third-order valence-electron chi connectivity index (χ3n) is 7.14. The Balaban J connectivity index is 1.04. The number of rotatable bonds is 7. The summed E-state index contributed by atoms with van der Waals surface area (Å²) in [5, 5.41) is 0. The van der Waals surface area contributed by atoms with Gasteiger partial charge < -0.3 is 28.7 Å². The van der Waals surface area contributed by atoms with E-state index >= 15 is 0 Å². The number of amides is 2. The van der Waals surface area contributed by atoms with Gasteiger partial charge in [0.05, 0.1) is 18.3 Å². The van der Waals surface area contributed by atoms with Gasteiger partial charge in [-0.3, -0.25) is 0 Å². The van der Waals surface area contributed by atoms with Gasteiger partial charge in [0.1, 0.15) is 12.2 Å². The highest BCUT2D eigenvalue weighted by Gasteiger charge is 2.35. The van der Waals surface area contributed by atoms with Crippen molar-refractivity contribution in [2.45, 2.75) is 89.8 Å². The first-order valence-electron chi connectivity index (χ1n) is 13.5. The molecule has 0 atom stereocenters. The number of benzene rings is 1. The van der Waals surface area contributed by atoms with Crippen LogP contribution in [-0.2, 0) is 25.6 Å². The molecule has 1 saturated carbocycles. The van der Waals surface area contributed by atoms with Gasteiger partial charge in [-0.15, -0.1) is 0 Å². The zero-order valence-electron chi connectivity index (χ0n) is 22.0. The van der Waals surface area contributed by atoms with Crippen LogP contribution in [0.4, 0.5) is 9.59 Å². The summed E-state index contributed by atoms with van der Waals surface area (Å²) in [4.78, 5) is 28.1. The van der Waals surface area contributed by atoms with Crippen molar-refractivity contribution in [1.29, 1.82) is 0 Å². The summed E-state index contributed by atoms with van der Waals surface area (Å²) in [6, 6.07) is 9.76. The first-order valence-corrected chi connectivity index (χ1v) is 13.5. The van der Waals surface area contributed by atoms with Crippen molar-refractivity contribution in [3.05, 3.63) is 35.9 Å². The van der Waals surface area contributed by atoms with Gasteiger partial charge in [0.2, 0.25) is 0 Å². The van der Waals surface area contributed by atoms with Crippen molar-refractivity contribution in [2.24, 2.45) is 5.92 Å². The van der Waals surface area contributed by atoms with Crippen LogP contribution in [0, 0.1) is 5.92 Å². The largest absolute Gasteiger partial charge is 0.445 e. The van der Waals surface area contributed by atoms with E-state index in [1.54, 1.807) is 9.80 Å². The Kier molecular flexibility index (Phi) is 9.12. The summed E-state index contributed by atoms with van der Waals surface area (Å²) < 4.78 is 23.4. The average Bonchev–Trinajstić information content (AvgIpc) is 2.84. The third kappa shape index (κ3) is 8.10. The molecule has 3 fully saturated rings. The highest BCUT2D eigenvalue weighted by atomic mass is 16.6. The number of carbonyl (C=O) groups excluding carboxylic acids is 2. The number of ether oxygens (including phenoxy) is 4. The summed E-state index contributed by atoms with van der Waals surface area (Å²) in [5.74, 6) is 0.548. The molecule has 0 spiro atoms.